The quantitative estimate of drug-likeness (QED) is 0.888. The summed E-state index contributed by atoms with van der Waals surface area (Å²) >= 11 is 0. The van der Waals surface area contributed by atoms with Gasteiger partial charge in [0.25, 0.3) is 0 Å². The molecular weight excluding hydrogens is 222 g/mol. The molecule has 100 valence electrons. The van der Waals surface area contributed by atoms with Gasteiger partial charge in [-0.25, -0.2) is 0 Å². The minimum atomic E-state index is 0.290. The first-order valence-electron chi connectivity index (χ1n) is 7.04. The Hall–Kier alpha value is -1.02. The van der Waals surface area contributed by atoms with Crippen LogP contribution in [0.3, 0.4) is 0 Å². The zero-order chi connectivity index (χ0) is 13.1. The molecule has 1 aliphatic rings. The fourth-order valence-corrected chi connectivity index (χ4v) is 2.94. The van der Waals surface area contributed by atoms with Crippen LogP contribution in [0.2, 0.25) is 0 Å². The third-order valence-corrected chi connectivity index (χ3v) is 4.17. The van der Waals surface area contributed by atoms with E-state index in [2.05, 4.69) is 39.0 Å². The molecule has 0 heterocycles. The molecule has 2 nitrogen and oxygen atoms in total. The molecule has 2 N–H and O–H groups in total. The van der Waals surface area contributed by atoms with Gasteiger partial charge in [-0.05, 0) is 50.3 Å². The number of aryl methyl sites for hydroxylation is 2. The average molecular weight is 247 g/mol. The molecule has 18 heavy (non-hydrogen) atoms. The van der Waals surface area contributed by atoms with Crippen LogP contribution >= 0.6 is 0 Å². The first-order chi connectivity index (χ1) is 8.61. The third-order valence-electron chi connectivity index (χ3n) is 4.17. The lowest BCUT2D eigenvalue weighted by Crippen LogP contribution is -2.38. The van der Waals surface area contributed by atoms with E-state index in [1.54, 1.807) is 0 Å². The molecule has 0 bridgehead atoms. The Labute approximate surface area is 111 Å². The normalized spacial score (nSPS) is 28.1. The molecule has 1 aliphatic carbocycles. The standard InChI is InChI=1S/C16H25NO/c1-11-7-8-14(10-17)15(9-11)18-16-12(2)5-4-6-13(16)3/h4-6,11,14-15H,7-10,17H2,1-3H3. The zero-order valence-corrected chi connectivity index (χ0v) is 11.8. The van der Waals surface area contributed by atoms with E-state index in [9.17, 15) is 0 Å². The number of nitrogens with two attached hydrogens (primary N) is 1. The lowest BCUT2D eigenvalue weighted by molar-refractivity contribution is 0.0730. The van der Waals surface area contributed by atoms with E-state index >= 15 is 0 Å². The van der Waals surface area contributed by atoms with Crippen molar-refractivity contribution in [3.8, 4) is 5.75 Å². The number of hydrogen-bond acceptors (Lipinski definition) is 2. The van der Waals surface area contributed by atoms with E-state index in [-0.39, 0.29) is 0 Å². The van der Waals surface area contributed by atoms with Crippen LogP contribution in [0.25, 0.3) is 0 Å². The Bertz CT molecular complexity index is 382. The van der Waals surface area contributed by atoms with Crippen molar-refractivity contribution in [1.29, 1.82) is 0 Å². The van der Waals surface area contributed by atoms with Crippen LogP contribution in [0, 0.1) is 25.7 Å². The second-order valence-corrected chi connectivity index (χ2v) is 5.79. The van der Waals surface area contributed by atoms with E-state index < -0.39 is 0 Å². The van der Waals surface area contributed by atoms with Crippen LogP contribution in [0.4, 0.5) is 0 Å². The summed E-state index contributed by atoms with van der Waals surface area (Å²) in [4.78, 5) is 0. The van der Waals surface area contributed by atoms with Crippen molar-refractivity contribution in [2.45, 2.75) is 46.1 Å². The van der Waals surface area contributed by atoms with Gasteiger partial charge < -0.3 is 10.5 Å². The smallest absolute Gasteiger partial charge is 0.125 e. The van der Waals surface area contributed by atoms with Gasteiger partial charge in [-0.1, -0.05) is 31.5 Å². The summed E-state index contributed by atoms with van der Waals surface area (Å²) in [5.74, 6) is 2.33. The molecule has 0 aliphatic heterocycles. The number of para-hydroxylation sites is 1. The van der Waals surface area contributed by atoms with Gasteiger partial charge in [-0.2, -0.15) is 0 Å². The van der Waals surface area contributed by atoms with Crippen molar-refractivity contribution < 1.29 is 4.74 Å². The number of ether oxygens (including phenoxy) is 1. The summed E-state index contributed by atoms with van der Waals surface area (Å²) < 4.78 is 6.31. The highest BCUT2D eigenvalue weighted by Crippen LogP contribution is 2.33. The second kappa shape index (κ2) is 5.75. The number of hydrogen-bond donors (Lipinski definition) is 1. The maximum atomic E-state index is 6.31. The Kier molecular flexibility index (Phi) is 4.28. The van der Waals surface area contributed by atoms with Gasteiger partial charge >= 0.3 is 0 Å². The molecule has 1 aromatic rings. The minimum Gasteiger partial charge on any atom is -0.490 e. The van der Waals surface area contributed by atoms with E-state index in [0.29, 0.717) is 12.0 Å². The average Bonchev–Trinajstić information content (AvgIpc) is 2.34. The molecule has 2 rings (SSSR count). The van der Waals surface area contributed by atoms with E-state index in [4.69, 9.17) is 10.5 Å². The summed E-state index contributed by atoms with van der Waals surface area (Å²) in [5, 5.41) is 0. The van der Waals surface area contributed by atoms with Crippen LogP contribution in [-0.4, -0.2) is 12.6 Å². The molecule has 1 saturated carbocycles. The van der Waals surface area contributed by atoms with Crippen LogP contribution in [0.1, 0.15) is 37.3 Å². The predicted octanol–water partition coefficient (Wildman–Crippen LogP) is 3.45. The van der Waals surface area contributed by atoms with E-state index in [1.165, 1.54) is 24.0 Å². The van der Waals surface area contributed by atoms with Gasteiger partial charge in [0.15, 0.2) is 0 Å². The van der Waals surface area contributed by atoms with Gasteiger partial charge in [0, 0.05) is 5.92 Å². The topological polar surface area (TPSA) is 35.2 Å². The van der Waals surface area contributed by atoms with Crippen molar-refractivity contribution in [2.75, 3.05) is 6.54 Å². The Balaban J connectivity index is 2.15. The van der Waals surface area contributed by atoms with Gasteiger partial charge in [-0.15, -0.1) is 0 Å². The van der Waals surface area contributed by atoms with Gasteiger partial charge in [0.1, 0.15) is 11.9 Å². The van der Waals surface area contributed by atoms with Crippen molar-refractivity contribution in [1.82, 2.24) is 0 Å². The fraction of sp³-hybridized carbons (Fsp3) is 0.625. The van der Waals surface area contributed by atoms with Crippen molar-refractivity contribution in [3.05, 3.63) is 29.3 Å². The molecule has 0 amide bonds. The lowest BCUT2D eigenvalue weighted by atomic mass is 9.80. The summed E-state index contributed by atoms with van der Waals surface area (Å²) in [6.45, 7) is 7.29. The van der Waals surface area contributed by atoms with Crippen molar-refractivity contribution >= 4 is 0 Å². The van der Waals surface area contributed by atoms with Crippen molar-refractivity contribution in [2.24, 2.45) is 17.6 Å². The maximum Gasteiger partial charge on any atom is 0.125 e. The molecular formula is C16H25NO. The zero-order valence-electron chi connectivity index (χ0n) is 11.8. The van der Waals surface area contributed by atoms with Crippen LogP contribution in [0.5, 0.6) is 5.75 Å². The van der Waals surface area contributed by atoms with Gasteiger partial charge in [0.05, 0.1) is 0 Å². The molecule has 0 radical (unpaired) electrons. The highest BCUT2D eigenvalue weighted by molar-refractivity contribution is 5.39. The first-order valence-corrected chi connectivity index (χ1v) is 7.04. The molecule has 0 saturated heterocycles. The molecule has 1 aromatic carbocycles. The Morgan fingerprint density at radius 1 is 1.22 bits per heavy atom. The monoisotopic (exact) mass is 247 g/mol. The molecule has 0 spiro atoms. The second-order valence-electron chi connectivity index (χ2n) is 5.79. The molecule has 0 aromatic heterocycles. The van der Waals surface area contributed by atoms with Gasteiger partial charge in [-0.3, -0.25) is 0 Å². The maximum absolute atomic E-state index is 6.31. The summed E-state index contributed by atoms with van der Waals surface area (Å²) in [6, 6.07) is 6.32. The summed E-state index contributed by atoms with van der Waals surface area (Å²) in [6.07, 6.45) is 3.91. The van der Waals surface area contributed by atoms with E-state index in [0.717, 1.165) is 24.6 Å². The Morgan fingerprint density at radius 2 is 1.89 bits per heavy atom. The highest BCUT2D eigenvalue weighted by Gasteiger charge is 2.29. The van der Waals surface area contributed by atoms with Gasteiger partial charge in [0.2, 0.25) is 0 Å². The number of benzene rings is 1. The molecule has 3 unspecified atom stereocenters. The van der Waals surface area contributed by atoms with Crippen LogP contribution < -0.4 is 10.5 Å². The Morgan fingerprint density at radius 3 is 2.50 bits per heavy atom. The first kappa shape index (κ1) is 13.4. The third kappa shape index (κ3) is 2.86. The van der Waals surface area contributed by atoms with Crippen molar-refractivity contribution in [3.63, 3.8) is 0 Å². The highest BCUT2D eigenvalue weighted by atomic mass is 16.5. The van der Waals surface area contributed by atoms with E-state index in [1.807, 2.05) is 0 Å². The molecule has 3 atom stereocenters. The predicted molar refractivity (Wildman–Crippen MR) is 75.9 cm³/mol. The molecule has 2 heteroatoms. The summed E-state index contributed by atoms with van der Waals surface area (Å²) in [5.41, 5.74) is 8.34. The SMILES string of the molecule is Cc1cccc(C)c1OC1CC(C)CCC1CN. The largest absolute Gasteiger partial charge is 0.490 e. The fourth-order valence-electron chi connectivity index (χ4n) is 2.94. The molecule has 1 fully saturated rings. The summed E-state index contributed by atoms with van der Waals surface area (Å²) in [7, 11) is 0. The lowest BCUT2D eigenvalue weighted by Gasteiger charge is -2.35. The minimum absolute atomic E-state index is 0.290. The number of rotatable bonds is 3. The van der Waals surface area contributed by atoms with Crippen LogP contribution in [0.15, 0.2) is 18.2 Å². The van der Waals surface area contributed by atoms with Crippen LogP contribution in [-0.2, 0) is 0 Å².